The average Bonchev–Trinajstić information content (AvgIpc) is 2.90. The van der Waals surface area contributed by atoms with Crippen LogP contribution >= 0.6 is 0 Å². The zero-order valence-electron chi connectivity index (χ0n) is 10.2. The number of nitrogens with two attached hydrogens (primary N) is 1. The van der Waals surface area contributed by atoms with Gasteiger partial charge in [0.25, 0.3) is 0 Å². The van der Waals surface area contributed by atoms with Gasteiger partial charge >= 0.3 is 0 Å². The van der Waals surface area contributed by atoms with Crippen molar-refractivity contribution in [3.8, 4) is 0 Å². The number of primary amides is 1. The zero-order valence-corrected chi connectivity index (χ0v) is 10.2. The second-order valence-corrected chi connectivity index (χ2v) is 4.14. The minimum atomic E-state index is -0.405. The summed E-state index contributed by atoms with van der Waals surface area (Å²) in [5, 5.41) is 3.30. The molecule has 4 nitrogen and oxygen atoms in total. The predicted molar refractivity (Wildman–Crippen MR) is 68.9 cm³/mol. The van der Waals surface area contributed by atoms with E-state index in [0.29, 0.717) is 12.1 Å². The standard InChI is InChI=1S/C14H16N2O2/c1-10(13-7-4-8-18-13)16-9-11-5-2-3-6-12(11)14(15)17/h2-8,10,16H,9H2,1H3,(H2,15,17)/t10-/m0/s1. The van der Waals surface area contributed by atoms with Gasteiger partial charge in [0.2, 0.25) is 5.91 Å². The second kappa shape index (κ2) is 5.51. The number of carbonyl (C=O) groups excluding carboxylic acids is 1. The van der Waals surface area contributed by atoms with Crippen LogP contribution in [0.15, 0.2) is 47.1 Å². The minimum absolute atomic E-state index is 0.0842. The Bertz CT molecular complexity index is 520. The van der Waals surface area contributed by atoms with Crippen LogP contribution in [0.25, 0.3) is 0 Å². The van der Waals surface area contributed by atoms with E-state index < -0.39 is 5.91 Å². The molecule has 18 heavy (non-hydrogen) atoms. The molecule has 0 spiro atoms. The monoisotopic (exact) mass is 244 g/mol. The first-order chi connectivity index (χ1) is 8.68. The molecule has 2 rings (SSSR count). The van der Waals surface area contributed by atoms with E-state index in [0.717, 1.165) is 11.3 Å². The average molecular weight is 244 g/mol. The summed E-state index contributed by atoms with van der Waals surface area (Å²) in [6.45, 7) is 2.58. The van der Waals surface area contributed by atoms with Gasteiger partial charge in [-0.15, -0.1) is 0 Å². The van der Waals surface area contributed by atoms with Crippen molar-refractivity contribution < 1.29 is 9.21 Å². The molecule has 0 aliphatic rings. The molecule has 1 amide bonds. The maximum Gasteiger partial charge on any atom is 0.249 e. The molecule has 1 heterocycles. The molecule has 0 aliphatic heterocycles. The number of benzene rings is 1. The van der Waals surface area contributed by atoms with Crippen LogP contribution in [0.2, 0.25) is 0 Å². The van der Waals surface area contributed by atoms with Gasteiger partial charge in [-0.2, -0.15) is 0 Å². The normalized spacial score (nSPS) is 12.3. The van der Waals surface area contributed by atoms with Crippen LogP contribution < -0.4 is 11.1 Å². The van der Waals surface area contributed by atoms with Crippen molar-refractivity contribution in [2.75, 3.05) is 0 Å². The van der Waals surface area contributed by atoms with Gasteiger partial charge in [-0.3, -0.25) is 4.79 Å². The van der Waals surface area contributed by atoms with Crippen LogP contribution in [0.5, 0.6) is 0 Å². The second-order valence-electron chi connectivity index (χ2n) is 4.14. The number of hydrogen-bond acceptors (Lipinski definition) is 3. The van der Waals surface area contributed by atoms with E-state index in [2.05, 4.69) is 5.32 Å². The fraction of sp³-hybridized carbons (Fsp3) is 0.214. The molecular formula is C14H16N2O2. The van der Waals surface area contributed by atoms with Crippen molar-refractivity contribution in [1.82, 2.24) is 5.32 Å². The zero-order chi connectivity index (χ0) is 13.0. The third-order valence-electron chi connectivity index (χ3n) is 2.85. The van der Waals surface area contributed by atoms with Gasteiger partial charge in [0.1, 0.15) is 5.76 Å². The molecule has 1 aromatic carbocycles. The highest BCUT2D eigenvalue weighted by atomic mass is 16.3. The quantitative estimate of drug-likeness (QED) is 0.847. The third kappa shape index (κ3) is 2.78. The molecule has 4 heteroatoms. The van der Waals surface area contributed by atoms with Gasteiger partial charge in [0.05, 0.1) is 12.3 Å². The predicted octanol–water partition coefficient (Wildman–Crippen LogP) is 2.23. The van der Waals surface area contributed by atoms with Gasteiger partial charge in [-0.05, 0) is 30.7 Å². The molecule has 0 saturated carbocycles. The summed E-state index contributed by atoms with van der Waals surface area (Å²) in [6, 6.07) is 11.2. The Kier molecular flexibility index (Phi) is 3.79. The van der Waals surface area contributed by atoms with Gasteiger partial charge in [0.15, 0.2) is 0 Å². The Hall–Kier alpha value is -2.07. The summed E-state index contributed by atoms with van der Waals surface area (Å²) >= 11 is 0. The molecular weight excluding hydrogens is 228 g/mol. The number of nitrogens with one attached hydrogen (secondary N) is 1. The molecule has 0 fully saturated rings. The number of rotatable bonds is 5. The van der Waals surface area contributed by atoms with Crippen LogP contribution in [0, 0.1) is 0 Å². The molecule has 0 radical (unpaired) electrons. The van der Waals surface area contributed by atoms with E-state index in [-0.39, 0.29) is 6.04 Å². The Morgan fingerprint density at radius 1 is 1.33 bits per heavy atom. The molecule has 0 bridgehead atoms. The summed E-state index contributed by atoms with van der Waals surface area (Å²) < 4.78 is 5.31. The molecule has 0 aliphatic carbocycles. The van der Waals surface area contributed by atoms with E-state index in [1.54, 1.807) is 18.4 Å². The lowest BCUT2D eigenvalue weighted by Crippen LogP contribution is -2.21. The lowest BCUT2D eigenvalue weighted by atomic mass is 10.1. The summed E-state index contributed by atoms with van der Waals surface area (Å²) in [6.07, 6.45) is 1.64. The molecule has 0 unspecified atom stereocenters. The lowest BCUT2D eigenvalue weighted by Gasteiger charge is -2.12. The van der Waals surface area contributed by atoms with Crippen molar-refractivity contribution >= 4 is 5.91 Å². The van der Waals surface area contributed by atoms with E-state index >= 15 is 0 Å². The van der Waals surface area contributed by atoms with Crippen LogP contribution in [0.3, 0.4) is 0 Å². The first-order valence-corrected chi connectivity index (χ1v) is 5.83. The Labute approximate surface area is 106 Å². The van der Waals surface area contributed by atoms with Crippen molar-refractivity contribution in [2.24, 2.45) is 5.73 Å². The Balaban J connectivity index is 2.04. The molecule has 94 valence electrons. The van der Waals surface area contributed by atoms with Crippen LogP contribution in [-0.2, 0) is 6.54 Å². The largest absolute Gasteiger partial charge is 0.468 e. The highest BCUT2D eigenvalue weighted by Crippen LogP contribution is 2.14. The SMILES string of the molecule is C[C@H](NCc1ccccc1C(N)=O)c1ccco1. The van der Waals surface area contributed by atoms with E-state index in [9.17, 15) is 4.79 Å². The summed E-state index contributed by atoms with van der Waals surface area (Å²) in [5.74, 6) is 0.463. The van der Waals surface area contributed by atoms with Crippen LogP contribution in [-0.4, -0.2) is 5.91 Å². The van der Waals surface area contributed by atoms with Crippen molar-refractivity contribution in [3.63, 3.8) is 0 Å². The third-order valence-corrected chi connectivity index (χ3v) is 2.85. The van der Waals surface area contributed by atoms with Crippen molar-refractivity contribution in [3.05, 3.63) is 59.5 Å². The summed E-state index contributed by atoms with van der Waals surface area (Å²) in [4.78, 5) is 11.3. The van der Waals surface area contributed by atoms with Crippen LogP contribution in [0.1, 0.15) is 34.6 Å². The van der Waals surface area contributed by atoms with Crippen molar-refractivity contribution in [1.29, 1.82) is 0 Å². The minimum Gasteiger partial charge on any atom is -0.468 e. The Morgan fingerprint density at radius 3 is 2.78 bits per heavy atom. The lowest BCUT2D eigenvalue weighted by molar-refractivity contribution is 0.0999. The Morgan fingerprint density at radius 2 is 2.11 bits per heavy atom. The summed E-state index contributed by atoms with van der Waals surface area (Å²) in [5.41, 5.74) is 6.77. The molecule has 2 aromatic rings. The fourth-order valence-corrected chi connectivity index (χ4v) is 1.82. The van der Waals surface area contributed by atoms with E-state index in [1.165, 1.54) is 0 Å². The van der Waals surface area contributed by atoms with Gasteiger partial charge < -0.3 is 15.5 Å². The summed E-state index contributed by atoms with van der Waals surface area (Å²) in [7, 11) is 0. The number of amides is 1. The molecule has 3 N–H and O–H groups in total. The van der Waals surface area contributed by atoms with E-state index in [4.69, 9.17) is 10.2 Å². The maximum absolute atomic E-state index is 11.3. The molecule has 1 atom stereocenters. The topological polar surface area (TPSA) is 68.3 Å². The number of carbonyl (C=O) groups is 1. The smallest absolute Gasteiger partial charge is 0.249 e. The maximum atomic E-state index is 11.3. The molecule has 0 saturated heterocycles. The van der Waals surface area contributed by atoms with Crippen molar-refractivity contribution in [2.45, 2.75) is 19.5 Å². The first-order valence-electron chi connectivity index (χ1n) is 5.83. The van der Waals surface area contributed by atoms with Crippen LogP contribution in [0.4, 0.5) is 0 Å². The number of hydrogen-bond donors (Lipinski definition) is 2. The van der Waals surface area contributed by atoms with E-state index in [1.807, 2.05) is 31.2 Å². The van der Waals surface area contributed by atoms with Gasteiger partial charge in [0, 0.05) is 12.1 Å². The molecule has 1 aromatic heterocycles. The highest BCUT2D eigenvalue weighted by molar-refractivity contribution is 5.94. The first kappa shape index (κ1) is 12.4. The van der Waals surface area contributed by atoms with Gasteiger partial charge in [-0.1, -0.05) is 18.2 Å². The highest BCUT2D eigenvalue weighted by Gasteiger charge is 2.10. The number of furan rings is 1. The van der Waals surface area contributed by atoms with Gasteiger partial charge in [-0.25, -0.2) is 0 Å². The fourth-order valence-electron chi connectivity index (χ4n) is 1.82.